The van der Waals surface area contributed by atoms with Crippen LogP contribution in [0.4, 0.5) is 5.69 Å². The van der Waals surface area contributed by atoms with Crippen molar-refractivity contribution in [2.45, 2.75) is 6.92 Å². The van der Waals surface area contributed by atoms with E-state index in [-0.39, 0.29) is 36.9 Å². The Kier molecular flexibility index (Phi) is 9.76. The zero-order valence-corrected chi connectivity index (χ0v) is 22.7. The van der Waals surface area contributed by atoms with Crippen LogP contribution in [0.15, 0.2) is 97.3 Å². The van der Waals surface area contributed by atoms with Crippen molar-refractivity contribution in [3.05, 3.63) is 138 Å². The average Bonchev–Trinajstić information content (AvgIpc) is 2.98. The summed E-state index contributed by atoms with van der Waals surface area (Å²) in [6, 6.07) is 37.3. The molecule has 5 rings (SSSR count). The van der Waals surface area contributed by atoms with Crippen LogP contribution in [0, 0.1) is 48.3 Å². The van der Waals surface area contributed by atoms with E-state index in [0.717, 1.165) is 22.4 Å². The van der Waals surface area contributed by atoms with Gasteiger partial charge in [-0.2, -0.15) is 5.26 Å². The van der Waals surface area contributed by atoms with E-state index in [4.69, 9.17) is 17.1 Å². The van der Waals surface area contributed by atoms with Gasteiger partial charge in [0.25, 0.3) is 0 Å². The number of aryl methyl sites for hydroxylation is 1. The molecular weight excluding hydrogens is 647 g/mol. The molecule has 1 radical (unpaired) electrons. The van der Waals surface area contributed by atoms with Crippen LogP contribution in [0.2, 0.25) is 0 Å². The molecule has 6 heteroatoms. The Morgan fingerprint density at radius 1 is 0.789 bits per heavy atom. The number of hydrogen-bond acceptors (Lipinski definition) is 4. The Bertz CT molecular complexity index is 1530. The monoisotopic (exact) mass is 666 g/mol. The molecule has 0 saturated carbocycles. The van der Waals surface area contributed by atoms with Crippen LogP contribution in [-0.2, 0) is 20.1 Å². The summed E-state index contributed by atoms with van der Waals surface area (Å²) in [5.41, 5.74) is 6.77. The minimum absolute atomic E-state index is 0. The van der Waals surface area contributed by atoms with E-state index >= 15 is 0 Å². The fourth-order valence-corrected chi connectivity index (χ4v) is 3.53. The number of hydrogen-bond donors (Lipinski definition) is 0. The summed E-state index contributed by atoms with van der Waals surface area (Å²) in [5.74, 6) is 0. The number of nitriles is 2. The van der Waals surface area contributed by atoms with Crippen LogP contribution in [-0.4, -0.2) is 9.97 Å². The molecule has 0 aliphatic rings. The van der Waals surface area contributed by atoms with Crippen molar-refractivity contribution in [3.8, 4) is 45.8 Å². The molecule has 0 bridgehead atoms. The summed E-state index contributed by atoms with van der Waals surface area (Å²) in [6.07, 6.45) is 3.61. The van der Waals surface area contributed by atoms with Crippen molar-refractivity contribution < 1.29 is 20.1 Å². The number of nitrogens with zero attached hydrogens (tertiary/aromatic N) is 5. The molecular formula is C32H19IrN5-2. The van der Waals surface area contributed by atoms with Crippen molar-refractivity contribution in [2.75, 3.05) is 0 Å². The summed E-state index contributed by atoms with van der Waals surface area (Å²) >= 11 is 0. The summed E-state index contributed by atoms with van der Waals surface area (Å²) in [7, 11) is 0. The number of pyridine rings is 2. The van der Waals surface area contributed by atoms with Crippen LogP contribution >= 0.6 is 0 Å². The van der Waals surface area contributed by atoms with Crippen molar-refractivity contribution in [2.24, 2.45) is 0 Å². The van der Waals surface area contributed by atoms with Gasteiger partial charge in [0, 0.05) is 38.6 Å². The number of aromatic nitrogens is 2. The van der Waals surface area contributed by atoms with Gasteiger partial charge in [-0.05, 0) is 46.1 Å². The Labute approximate surface area is 235 Å². The molecule has 0 atom stereocenters. The molecule has 0 aliphatic carbocycles. The number of benzene rings is 3. The minimum Gasteiger partial charge on any atom is -0.305 e. The van der Waals surface area contributed by atoms with Gasteiger partial charge in [0.15, 0.2) is 0 Å². The maximum atomic E-state index is 9.05. The van der Waals surface area contributed by atoms with Crippen LogP contribution < -0.4 is 0 Å². The predicted molar refractivity (Wildman–Crippen MR) is 143 cm³/mol. The van der Waals surface area contributed by atoms with Gasteiger partial charge < -0.3 is 9.97 Å². The minimum atomic E-state index is 0. The maximum Gasteiger partial charge on any atom is 0.124 e. The van der Waals surface area contributed by atoms with E-state index in [1.165, 1.54) is 11.6 Å². The van der Waals surface area contributed by atoms with Crippen LogP contribution in [0.5, 0.6) is 0 Å². The van der Waals surface area contributed by atoms with Crippen LogP contribution in [0.1, 0.15) is 16.7 Å². The third kappa shape index (κ3) is 6.64. The first-order valence-electron chi connectivity index (χ1n) is 11.3. The number of rotatable bonds is 3. The normalized spacial score (nSPS) is 9.42. The first-order chi connectivity index (χ1) is 18.1. The maximum absolute atomic E-state index is 9.05. The third-order valence-corrected chi connectivity index (χ3v) is 5.43. The van der Waals surface area contributed by atoms with Crippen molar-refractivity contribution in [1.82, 2.24) is 9.97 Å². The second-order valence-corrected chi connectivity index (χ2v) is 7.95. The largest absolute Gasteiger partial charge is 0.305 e. The van der Waals surface area contributed by atoms with Crippen LogP contribution in [0.3, 0.4) is 0 Å². The molecule has 183 valence electrons. The van der Waals surface area contributed by atoms with E-state index in [2.05, 4.69) is 45.1 Å². The topological polar surface area (TPSA) is 77.7 Å². The van der Waals surface area contributed by atoms with Gasteiger partial charge in [-0.1, -0.05) is 54.6 Å². The van der Waals surface area contributed by atoms with E-state index in [1.807, 2.05) is 79.9 Å². The SMILES string of the molecule is [C-]#[N+]c1[c-]c(-c2ccc(C)cn2)cc(C#N)c1C#N.[Ir].[c-]1ccccc1-c1ccc(-c2ccccc2)cn1. The molecule has 0 fully saturated rings. The molecule has 0 aliphatic heterocycles. The average molecular weight is 666 g/mol. The van der Waals surface area contributed by atoms with Crippen LogP contribution in [0.25, 0.3) is 38.5 Å². The van der Waals surface area contributed by atoms with Gasteiger partial charge in [-0.3, -0.25) is 4.85 Å². The molecule has 38 heavy (non-hydrogen) atoms. The first kappa shape index (κ1) is 27.7. The molecule has 0 spiro atoms. The van der Waals surface area contributed by atoms with Gasteiger partial charge in [0.2, 0.25) is 0 Å². The Hall–Kier alpha value is -4.92. The molecule has 0 unspecified atom stereocenters. The molecule has 5 aromatic rings. The van der Waals surface area contributed by atoms with E-state index in [0.29, 0.717) is 11.3 Å². The van der Waals surface area contributed by atoms with Gasteiger partial charge >= 0.3 is 0 Å². The molecule has 2 aromatic heterocycles. The zero-order chi connectivity index (χ0) is 26.0. The fourth-order valence-electron chi connectivity index (χ4n) is 3.53. The first-order valence-corrected chi connectivity index (χ1v) is 11.3. The van der Waals surface area contributed by atoms with E-state index < -0.39 is 0 Å². The standard InChI is InChI=1S/C17H12N.C15H7N4.Ir/c1-3-7-14(8-4-1)16-11-12-17(18-13-16)15-9-5-2-6-10-15;1-10-3-4-14(19-9-10)11-5-12(7-16)13(8-17)15(6-11)18-2;/h1-9,11-13H;3-5,9H,1H3;/q2*-1;. The van der Waals surface area contributed by atoms with Gasteiger partial charge in [0.1, 0.15) is 5.69 Å². The second-order valence-electron chi connectivity index (χ2n) is 7.95. The predicted octanol–water partition coefficient (Wildman–Crippen LogP) is 7.36. The van der Waals surface area contributed by atoms with Crippen molar-refractivity contribution in [1.29, 1.82) is 10.5 Å². The summed E-state index contributed by atoms with van der Waals surface area (Å²) < 4.78 is 0. The summed E-state index contributed by atoms with van der Waals surface area (Å²) in [4.78, 5) is 12.0. The Morgan fingerprint density at radius 3 is 2.08 bits per heavy atom. The quantitative estimate of drug-likeness (QED) is 0.189. The third-order valence-electron chi connectivity index (χ3n) is 5.43. The summed E-state index contributed by atoms with van der Waals surface area (Å²) in [5, 5.41) is 18.0. The van der Waals surface area contributed by atoms with Gasteiger partial charge in [-0.15, -0.1) is 53.6 Å². The van der Waals surface area contributed by atoms with E-state index in [1.54, 1.807) is 12.3 Å². The van der Waals surface area contributed by atoms with Gasteiger partial charge in [-0.25, -0.2) is 5.26 Å². The van der Waals surface area contributed by atoms with Gasteiger partial charge in [0.05, 0.1) is 12.6 Å². The molecule has 2 heterocycles. The Morgan fingerprint density at radius 2 is 1.50 bits per heavy atom. The molecule has 3 aromatic carbocycles. The fraction of sp³-hybridized carbons (Fsp3) is 0.0312. The van der Waals surface area contributed by atoms with Crippen molar-refractivity contribution >= 4 is 5.69 Å². The Balaban J connectivity index is 0.000000205. The van der Waals surface area contributed by atoms with Crippen molar-refractivity contribution in [3.63, 3.8) is 0 Å². The molecule has 0 N–H and O–H groups in total. The molecule has 0 amide bonds. The summed E-state index contributed by atoms with van der Waals surface area (Å²) in [6.45, 7) is 8.99. The van der Waals surface area contributed by atoms with E-state index in [9.17, 15) is 0 Å². The molecule has 0 saturated heterocycles. The zero-order valence-electron chi connectivity index (χ0n) is 20.3. The smallest absolute Gasteiger partial charge is 0.124 e. The molecule has 5 nitrogen and oxygen atoms in total. The second kappa shape index (κ2) is 13.4.